The fourth-order valence-electron chi connectivity index (χ4n) is 4.58. The number of amides is 1. The fourth-order valence-corrected chi connectivity index (χ4v) is 4.58. The minimum Gasteiger partial charge on any atom is -0.441 e. The van der Waals surface area contributed by atoms with Crippen LogP contribution in [-0.4, -0.2) is 45.2 Å². The van der Waals surface area contributed by atoms with Crippen molar-refractivity contribution in [3.63, 3.8) is 0 Å². The zero-order chi connectivity index (χ0) is 22.0. The Morgan fingerprint density at radius 1 is 1.06 bits per heavy atom. The Hall–Kier alpha value is -3.55. The molecule has 1 aliphatic carbocycles. The Kier molecular flexibility index (Phi) is 5.43. The van der Waals surface area contributed by atoms with Crippen LogP contribution in [-0.2, 0) is 4.74 Å². The largest absolute Gasteiger partial charge is 0.441 e. The quantitative estimate of drug-likeness (QED) is 0.647. The van der Waals surface area contributed by atoms with E-state index in [4.69, 9.17) is 4.74 Å². The predicted octanol–water partition coefficient (Wildman–Crippen LogP) is 4.24. The first-order valence-corrected chi connectivity index (χ1v) is 11.0. The molecule has 0 atom stereocenters. The SMILES string of the molecule is Cc1ccccc1-c1ccc(NC[C@H]2CC[C@]3(CC2)CN(c2cccnn2)C(=O)O3)nn1. The van der Waals surface area contributed by atoms with Gasteiger partial charge in [-0.15, -0.1) is 15.3 Å². The number of hydrogen-bond acceptors (Lipinski definition) is 7. The smallest absolute Gasteiger partial charge is 0.416 e. The van der Waals surface area contributed by atoms with Crippen molar-refractivity contribution >= 4 is 17.7 Å². The van der Waals surface area contributed by atoms with Gasteiger partial charge in [0.15, 0.2) is 5.82 Å². The zero-order valence-corrected chi connectivity index (χ0v) is 18.1. The molecule has 32 heavy (non-hydrogen) atoms. The van der Waals surface area contributed by atoms with Gasteiger partial charge in [-0.3, -0.25) is 4.90 Å². The van der Waals surface area contributed by atoms with Gasteiger partial charge in [0.25, 0.3) is 0 Å². The van der Waals surface area contributed by atoms with Crippen LogP contribution in [0.4, 0.5) is 16.4 Å². The van der Waals surface area contributed by atoms with Crippen LogP contribution < -0.4 is 10.2 Å². The molecule has 0 bridgehead atoms. The highest BCUT2D eigenvalue weighted by Crippen LogP contribution is 2.40. The summed E-state index contributed by atoms with van der Waals surface area (Å²) < 4.78 is 5.81. The van der Waals surface area contributed by atoms with E-state index in [1.165, 1.54) is 5.56 Å². The van der Waals surface area contributed by atoms with Crippen molar-refractivity contribution < 1.29 is 9.53 Å². The summed E-state index contributed by atoms with van der Waals surface area (Å²) in [5, 5.41) is 20.1. The Labute approximate surface area is 187 Å². The van der Waals surface area contributed by atoms with Crippen LogP contribution in [0.3, 0.4) is 0 Å². The molecule has 2 fully saturated rings. The maximum Gasteiger partial charge on any atom is 0.416 e. The van der Waals surface area contributed by atoms with Gasteiger partial charge in [0.2, 0.25) is 0 Å². The monoisotopic (exact) mass is 430 g/mol. The van der Waals surface area contributed by atoms with E-state index in [9.17, 15) is 4.79 Å². The Morgan fingerprint density at radius 2 is 1.91 bits per heavy atom. The van der Waals surface area contributed by atoms with E-state index in [1.807, 2.05) is 24.3 Å². The van der Waals surface area contributed by atoms with Crippen molar-refractivity contribution in [3.8, 4) is 11.3 Å². The molecular weight excluding hydrogens is 404 g/mol. The van der Waals surface area contributed by atoms with Crippen molar-refractivity contribution in [1.82, 2.24) is 20.4 Å². The zero-order valence-electron chi connectivity index (χ0n) is 18.1. The second kappa shape index (κ2) is 8.53. The molecule has 0 unspecified atom stereocenters. The summed E-state index contributed by atoms with van der Waals surface area (Å²) in [6.45, 7) is 3.44. The summed E-state index contributed by atoms with van der Waals surface area (Å²) in [6.07, 6.45) is 4.94. The third-order valence-electron chi connectivity index (χ3n) is 6.48. The van der Waals surface area contributed by atoms with E-state index in [1.54, 1.807) is 23.2 Å². The van der Waals surface area contributed by atoms with Crippen LogP contribution in [0.25, 0.3) is 11.3 Å². The Bertz CT molecular complexity index is 1080. The van der Waals surface area contributed by atoms with Crippen LogP contribution in [0.2, 0.25) is 0 Å². The molecule has 1 spiro atoms. The lowest BCUT2D eigenvalue weighted by molar-refractivity contribution is 0.0148. The number of nitrogens with one attached hydrogen (secondary N) is 1. The van der Waals surface area contributed by atoms with Crippen molar-refractivity contribution in [2.24, 2.45) is 5.92 Å². The molecular formula is C24H26N6O2. The lowest BCUT2D eigenvalue weighted by atomic mass is 9.78. The summed E-state index contributed by atoms with van der Waals surface area (Å²) in [5.74, 6) is 1.83. The molecule has 1 saturated carbocycles. The summed E-state index contributed by atoms with van der Waals surface area (Å²) in [4.78, 5) is 14.0. The van der Waals surface area contributed by atoms with Crippen LogP contribution in [0.1, 0.15) is 31.2 Å². The molecule has 5 rings (SSSR count). The van der Waals surface area contributed by atoms with E-state index in [0.29, 0.717) is 18.3 Å². The van der Waals surface area contributed by atoms with Crippen molar-refractivity contribution in [2.75, 3.05) is 23.3 Å². The molecule has 3 aromatic rings. The van der Waals surface area contributed by atoms with Crippen molar-refractivity contribution in [1.29, 1.82) is 0 Å². The molecule has 1 aliphatic heterocycles. The van der Waals surface area contributed by atoms with Crippen molar-refractivity contribution in [3.05, 3.63) is 60.3 Å². The van der Waals surface area contributed by atoms with Gasteiger partial charge in [-0.1, -0.05) is 24.3 Å². The van der Waals surface area contributed by atoms with E-state index in [-0.39, 0.29) is 6.09 Å². The summed E-state index contributed by atoms with van der Waals surface area (Å²) >= 11 is 0. The molecule has 0 radical (unpaired) electrons. The average molecular weight is 431 g/mol. The highest BCUT2D eigenvalue weighted by molar-refractivity contribution is 5.89. The van der Waals surface area contributed by atoms with Crippen LogP contribution >= 0.6 is 0 Å². The second-order valence-electron chi connectivity index (χ2n) is 8.66. The van der Waals surface area contributed by atoms with Gasteiger partial charge in [0.1, 0.15) is 11.4 Å². The summed E-state index contributed by atoms with van der Waals surface area (Å²) in [6, 6.07) is 15.7. The molecule has 8 heteroatoms. The van der Waals surface area contributed by atoms with E-state index < -0.39 is 5.60 Å². The molecule has 2 aliphatic rings. The number of nitrogens with zero attached hydrogens (tertiary/aromatic N) is 5. The highest BCUT2D eigenvalue weighted by Gasteiger charge is 2.48. The molecule has 3 heterocycles. The first-order valence-electron chi connectivity index (χ1n) is 11.0. The topological polar surface area (TPSA) is 93.1 Å². The molecule has 2 aromatic heterocycles. The highest BCUT2D eigenvalue weighted by atomic mass is 16.6. The molecule has 8 nitrogen and oxygen atoms in total. The van der Waals surface area contributed by atoms with Crippen LogP contribution in [0.5, 0.6) is 0 Å². The van der Waals surface area contributed by atoms with E-state index in [2.05, 4.69) is 44.8 Å². The lowest BCUT2D eigenvalue weighted by Gasteiger charge is -2.35. The van der Waals surface area contributed by atoms with Gasteiger partial charge in [-0.25, -0.2) is 4.79 Å². The number of carbonyl (C=O) groups is 1. The van der Waals surface area contributed by atoms with Gasteiger partial charge in [0.05, 0.1) is 12.2 Å². The maximum atomic E-state index is 12.4. The summed E-state index contributed by atoms with van der Waals surface area (Å²) in [5.41, 5.74) is 2.75. The van der Waals surface area contributed by atoms with Crippen LogP contribution in [0.15, 0.2) is 54.7 Å². The Morgan fingerprint density at radius 3 is 2.62 bits per heavy atom. The minimum absolute atomic E-state index is 0.328. The molecule has 1 amide bonds. The first kappa shape index (κ1) is 20.4. The normalized spacial score (nSPS) is 22.7. The fraction of sp³-hybridized carbons (Fsp3) is 0.375. The number of hydrogen-bond donors (Lipinski definition) is 1. The number of carbonyl (C=O) groups excluding carboxylic acids is 1. The number of benzene rings is 1. The minimum atomic E-state index is -0.417. The Balaban J connectivity index is 1.14. The molecule has 1 N–H and O–H groups in total. The van der Waals surface area contributed by atoms with E-state index >= 15 is 0 Å². The number of anilines is 2. The number of ether oxygens (including phenoxy) is 1. The predicted molar refractivity (Wildman–Crippen MR) is 121 cm³/mol. The molecule has 1 aromatic carbocycles. The van der Waals surface area contributed by atoms with E-state index in [0.717, 1.165) is 49.3 Å². The third-order valence-corrected chi connectivity index (χ3v) is 6.48. The lowest BCUT2D eigenvalue weighted by Crippen LogP contribution is -2.39. The van der Waals surface area contributed by atoms with Gasteiger partial charge >= 0.3 is 6.09 Å². The average Bonchev–Trinajstić information content (AvgIpc) is 3.16. The number of rotatable bonds is 5. The van der Waals surface area contributed by atoms with Gasteiger partial charge < -0.3 is 10.1 Å². The molecule has 164 valence electrons. The van der Waals surface area contributed by atoms with Crippen LogP contribution in [0, 0.1) is 12.8 Å². The number of aryl methyl sites for hydroxylation is 1. The van der Waals surface area contributed by atoms with Crippen molar-refractivity contribution in [2.45, 2.75) is 38.2 Å². The third kappa shape index (κ3) is 4.12. The van der Waals surface area contributed by atoms with Gasteiger partial charge in [-0.2, -0.15) is 5.10 Å². The summed E-state index contributed by atoms with van der Waals surface area (Å²) in [7, 11) is 0. The second-order valence-corrected chi connectivity index (χ2v) is 8.66. The molecule has 1 saturated heterocycles. The first-order chi connectivity index (χ1) is 15.6. The standard InChI is InChI=1S/C24H26N6O2/c1-17-5-2-3-6-19(17)20-8-9-21(28-27-20)25-15-18-10-12-24(13-11-18)16-30(23(31)32-24)22-7-4-14-26-29-22/h2-9,14,18H,10-13,15-16H2,1H3,(H,25,28)/t18-,24-. The maximum absolute atomic E-state index is 12.4. The number of aromatic nitrogens is 4. The van der Waals surface area contributed by atoms with Gasteiger partial charge in [0, 0.05) is 18.3 Å². The van der Waals surface area contributed by atoms with Gasteiger partial charge in [-0.05, 0) is 68.4 Å².